The second kappa shape index (κ2) is 3.85. The average molecular weight is 176 g/mol. The van der Waals surface area contributed by atoms with E-state index in [4.69, 9.17) is 9.84 Å². The van der Waals surface area contributed by atoms with Crippen LogP contribution in [0.15, 0.2) is 0 Å². The average Bonchev–Trinajstić information content (AvgIpc) is 2.34. The van der Waals surface area contributed by atoms with Gasteiger partial charge in [0.05, 0.1) is 12.0 Å². The molecule has 1 aliphatic rings. The summed E-state index contributed by atoms with van der Waals surface area (Å²) in [6.45, 7) is 2.22. The summed E-state index contributed by atoms with van der Waals surface area (Å²) in [6, 6.07) is 0. The third-order valence-corrected chi connectivity index (χ3v) is 2.16. The third kappa shape index (κ3) is 1.94. The number of carboxylic acids is 1. The van der Waals surface area contributed by atoms with Gasteiger partial charge in [0.15, 0.2) is 0 Å². The van der Waals surface area contributed by atoms with Crippen LogP contribution in [0.5, 0.6) is 0 Å². The number of carbonyl (C=O) groups is 1. The molecule has 1 saturated carbocycles. The molecule has 1 rings (SSSR count). The Morgan fingerprint density at radius 1 is 1.67 bits per heavy atom. The van der Waals surface area contributed by atoms with Gasteiger partial charge in [-0.15, -0.1) is 0 Å². The van der Waals surface area contributed by atoms with Crippen LogP contribution in [0.4, 0.5) is 4.39 Å². The highest BCUT2D eigenvalue weighted by Crippen LogP contribution is 2.30. The minimum Gasteiger partial charge on any atom is -0.481 e. The molecule has 0 aromatic carbocycles. The SMILES string of the molecule is CCOC1C[C@@H](C(=O)O)C[C@@H]1F. The van der Waals surface area contributed by atoms with Gasteiger partial charge >= 0.3 is 5.97 Å². The molecule has 0 radical (unpaired) electrons. The number of hydrogen-bond donors (Lipinski definition) is 1. The van der Waals surface area contributed by atoms with E-state index in [0.717, 1.165) is 0 Å². The number of rotatable bonds is 3. The minimum atomic E-state index is -1.11. The van der Waals surface area contributed by atoms with Crippen molar-refractivity contribution in [1.29, 1.82) is 0 Å². The molecule has 1 aliphatic carbocycles. The number of alkyl halides is 1. The van der Waals surface area contributed by atoms with Crippen LogP contribution in [0.1, 0.15) is 19.8 Å². The Bertz CT molecular complexity index is 172. The first kappa shape index (κ1) is 9.45. The third-order valence-electron chi connectivity index (χ3n) is 2.16. The van der Waals surface area contributed by atoms with E-state index in [0.29, 0.717) is 13.0 Å². The topological polar surface area (TPSA) is 46.5 Å². The molecule has 12 heavy (non-hydrogen) atoms. The Labute approximate surface area is 70.5 Å². The van der Waals surface area contributed by atoms with Crippen LogP contribution >= 0.6 is 0 Å². The smallest absolute Gasteiger partial charge is 0.306 e. The van der Waals surface area contributed by atoms with E-state index >= 15 is 0 Å². The van der Waals surface area contributed by atoms with Gasteiger partial charge in [-0.1, -0.05) is 0 Å². The zero-order valence-electron chi connectivity index (χ0n) is 7.00. The van der Waals surface area contributed by atoms with Gasteiger partial charge in [-0.05, 0) is 19.8 Å². The summed E-state index contributed by atoms with van der Waals surface area (Å²) in [5.41, 5.74) is 0. The molecule has 0 aromatic heterocycles. The van der Waals surface area contributed by atoms with E-state index in [1.165, 1.54) is 0 Å². The highest BCUT2D eigenvalue weighted by molar-refractivity contribution is 5.70. The van der Waals surface area contributed by atoms with E-state index in [9.17, 15) is 9.18 Å². The van der Waals surface area contributed by atoms with Gasteiger partial charge in [0.1, 0.15) is 6.17 Å². The maximum atomic E-state index is 13.0. The normalized spacial score (nSPS) is 35.3. The van der Waals surface area contributed by atoms with Gasteiger partial charge in [-0.25, -0.2) is 4.39 Å². The van der Waals surface area contributed by atoms with Crippen molar-refractivity contribution >= 4 is 5.97 Å². The molecule has 0 amide bonds. The molecule has 0 saturated heterocycles. The van der Waals surface area contributed by atoms with Gasteiger partial charge in [0.2, 0.25) is 0 Å². The molecule has 3 nitrogen and oxygen atoms in total. The van der Waals surface area contributed by atoms with Crippen molar-refractivity contribution in [1.82, 2.24) is 0 Å². The molecule has 1 unspecified atom stereocenters. The fraction of sp³-hybridized carbons (Fsp3) is 0.875. The Morgan fingerprint density at radius 3 is 2.75 bits per heavy atom. The lowest BCUT2D eigenvalue weighted by Crippen LogP contribution is -2.18. The van der Waals surface area contributed by atoms with Crippen molar-refractivity contribution in [3.8, 4) is 0 Å². The molecule has 70 valence electrons. The maximum Gasteiger partial charge on any atom is 0.306 e. The fourth-order valence-corrected chi connectivity index (χ4v) is 1.54. The second-order valence-corrected chi connectivity index (χ2v) is 3.02. The molecule has 0 bridgehead atoms. The molecule has 4 heteroatoms. The molecule has 3 atom stereocenters. The number of aliphatic carboxylic acids is 1. The van der Waals surface area contributed by atoms with E-state index in [2.05, 4.69) is 0 Å². The Morgan fingerprint density at radius 2 is 2.33 bits per heavy atom. The van der Waals surface area contributed by atoms with Crippen molar-refractivity contribution < 1.29 is 19.0 Å². The number of ether oxygens (including phenoxy) is 1. The zero-order valence-corrected chi connectivity index (χ0v) is 7.00. The summed E-state index contributed by atoms with van der Waals surface area (Å²) < 4.78 is 18.1. The standard InChI is InChI=1S/C8H13FO3/c1-2-12-7-4-5(8(10)11)3-6(7)9/h5-7H,2-4H2,1H3,(H,10,11)/t5-,6-,7?/m0/s1. The molecule has 1 N–H and O–H groups in total. The molecule has 0 aromatic rings. The van der Waals surface area contributed by atoms with Gasteiger partial charge < -0.3 is 9.84 Å². The summed E-state index contributed by atoms with van der Waals surface area (Å²) in [5.74, 6) is -1.48. The summed E-state index contributed by atoms with van der Waals surface area (Å²) in [6.07, 6.45) is -1.20. The first-order valence-electron chi connectivity index (χ1n) is 4.13. The lowest BCUT2D eigenvalue weighted by molar-refractivity contribution is -0.141. The van der Waals surface area contributed by atoms with Gasteiger partial charge in [0, 0.05) is 6.61 Å². The highest BCUT2D eigenvalue weighted by Gasteiger charge is 2.38. The zero-order chi connectivity index (χ0) is 9.14. The largest absolute Gasteiger partial charge is 0.481 e. The van der Waals surface area contributed by atoms with Gasteiger partial charge in [0.25, 0.3) is 0 Å². The Kier molecular flexibility index (Phi) is 3.03. The van der Waals surface area contributed by atoms with E-state index in [-0.39, 0.29) is 6.42 Å². The summed E-state index contributed by atoms with van der Waals surface area (Å²) in [7, 11) is 0. The van der Waals surface area contributed by atoms with Crippen LogP contribution in [0.2, 0.25) is 0 Å². The van der Waals surface area contributed by atoms with Crippen molar-refractivity contribution in [2.75, 3.05) is 6.61 Å². The van der Waals surface area contributed by atoms with Crippen LogP contribution in [-0.4, -0.2) is 30.0 Å². The second-order valence-electron chi connectivity index (χ2n) is 3.02. The summed E-state index contributed by atoms with van der Waals surface area (Å²) >= 11 is 0. The van der Waals surface area contributed by atoms with Gasteiger partial charge in [-0.2, -0.15) is 0 Å². The van der Waals surface area contributed by atoms with Crippen molar-refractivity contribution in [2.24, 2.45) is 5.92 Å². The number of halogens is 1. The Balaban J connectivity index is 2.44. The van der Waals surface area contributed by atoms with Crippen LogP contribution in [0.25, 0.3) is 0 Å². The highest BCUT2D eigenvalue weighted by atomic mass is 19.1. The maximum absolute atomic E-state index is 13.0. The summed E-state index contributed by atoms with van der Waals surface area (Å²) in [5, 5.41) is 8.59. The molecular weight excluding hydrogens is 163 g/mol. The van der Waals surface area contributed by atoms with Crippen molar-refractivity contribution in [3.05, 3.63) is 0 Å². The van der Waals surface area contributed by atoms with E-state index < -0.39 is 24.2 Å². The predicted molar refractivity (Wildman–Crippen MR) is 40.7 cm³/mol. The number of carboxylic acid groups (broad SMARTS) is 1. The fourth-order valence-electron chi connectivity index (χ4n) is 1.54. The summed E-state index contributed by atoms with van der Waals surface area (Å²) in [4.78, 5) is 10.5. The van der Waals surface area contributed by atoms with Crippen LogP contribution in [0.3, 0.4) is 0 Å². The van der Waals surface area contributed by atoms with E-state index in [1.54, 1.807) is 6.92 Å². The first-order chi connectivity index (χ1) is 5.65. The lowest BCUT2D eigenvalue weighted by Gasteiger charge is -2.11. The quantitative estimate of drug-likeness (QED) is 0.703. The number of hydrogen-bond acceptors (Lipinski definition) is 2. The monoisotopic (exact) mass is 176 g/mol. The van der Waals surface area contributed by atoms with Gasteiger partial charge in [-0.3, -0.25) is 4.79 Å². The molecule has 1 fully saturated rings. The van der Waals surface area contributed by atoms with Crippen molar-refractivity contribution in [2.45, 2.75) is 32.0 Å². The van der Waals surface area contributed by atoms with Crippen molar-refractivity contribution in [3.63, 3.8) is 0 Å². The molecule has 0 heterocycles. The van der Waals surface area contributed by atoms with Crippen LogP contribution in [0, 0.1) is 5.92 Å². The lowest BCUT2D eigenvalue weighted by atomic mass is 10.1. The molecule has 0 spiro atoms. The minimum absolute atomic E-state index is 0.0972. The van der Waals surface area contributed by atoms with Crippen LogP contribution < -0.4 is 0 Å². The predicted octanol–water partition coefficient (Wildman–Crippen LogP) is 1.22. The first-order valence-corrected chi connectivity index (χ1v) is 4.13. The van der Waals surface area contributed by atoms with E-state index in [1.807, 2.05) is 0 Å². The van der Waals surface area contributed by atoms with Crippen LogP contribution in [-0.2, 0) is 9.53 Å². The Hall–Kier alpha value is -0.640. The molecular formula is C8H13FO3. The molecule has 0 aliphatic heterocycles.